The lowest BCUT2D eigenvalue weighted by atomic mass is 9.12. The SMILES string of the molecule is CC(C)N(B1CCC[C@H]1[B-](c1c(F)c(F)c(F)c(F)c1F)(c1c(F)c(F)c(F)c(F)c1F)[n+]1ccccc1)C(C)C. The molecule has 0 amide bonds. The van der Waals surface area contributed by atoms with Crippen molar-refractivity contribution in [2.75, 3.05) is 0 Å². The summed E-state index contributed by atoms with van der Waals surface area (Å²) < 4.78 is 152. The molecule has 1 fully saturated rings. The molecule has 1 aliphatic heterocycles. The van der Waals surface area contributed by atoms with Gasteiger partial charge in [-0.2, -0.15) is 0 Å². The molecule has 4 rings (SSSR count). The Morgan fingerprint density at radius 3 is 1.37 bits per heavy atom. The molecule has 1 aliphatic rings. The number of rotatable bonds is 7. The van der Waals surface area contributed by atoms with Crippen molar-refractivity contribution >= 4 is 24.1 Å². The lowest BCUT2D eigenvalue weighted by Crippen LogP contribution is -2.85. The van der Waals surface area contributed by atoms with Gasteiger partial charge in [-0.25, -0.2) is 43.9 Å². The quantitative estimate of drug-likeness (QED) is 0.147. The lowest BCUT2D eigenvalue weighted by Gasteiger charge is -2.47. The summed E-state index contributed by atoms with van der Waals surface area (Å²) in [5.41, 5.74) is -4.70. The van der Waals surface area contributed by atoms with Gasteiger partial charge in [0.2, 0.25) is 0 Å². The minimum atomic E-state index is -4.18. The molecule has 0 radical (unpaired) electrons. The van der Waals surface area contributed by atoms with Gasteiger partial charge in [-0.15, -0.1) is 0 Å². The third-order valence-corrected chi connectivity index (χ3v) is 8.30. The molecule has 41 heavy (non-hydrogen) atoms. The van der Waals surface area contributed by atoms with Crippen LogP contribution in [0, 0.1) is 58.2 Å². The van der Waals surface area contributed by atoms with E-state index in [2.05, 4.69) is 0 Å². The fourth-order valence-corrected chi connectivity index (χ4v) is 7.06. The molecule has 1 atom stereocenters. The van der Waals surface area contributed by atoms with Crippen LogP contribution < -0.4 is 15.4 Å². The molecule has 0 N–H and O–H groups in total. The van der Waals surface area contributed by atoms with Crippen LogP contribution in [0.4, 0.5) is 43.9 Å². The van der Waals surface area contributed by atoms with Crippen LogP contribution >= 0.6 is 0 Å². The fourth-order valence-electron chi connectivity index (χ4n) is 7.06. The highest BCUT2D eigenvalue weighted by Crippen LogP contribution is 2.42. The smallest absolute Gasteiger partial charge is 0.341 e. The van der Waals surface area contributed by atoms with E-state index in [9.17, 15) is 26.3 Å². The molecule has 0 saturated carbocycles. The van der Waals surface area contributed by atoms with Crippen LogP contribution in [-0.4, -0.2) is 30.0 Å². The van der Waals surface area contributed by atoms with Crippen LogP contribution in [0.2, 0.25) is 12.0 Å². The predicted octanol–water partition coefficient (Wildman–Crippen LogP) is 5.79. The molecule has 2 aromatic carbocycles. The predicted molar refractivity (Wildman–Crippen MR) is 135 cm³/mol. The Kier molecular flexibility index (Phi) is 8.55. The first kappa shape index (κ1) is 30.9. The van der Waals surface area contributed by atoms with Gasteiger partial charge in [-0.1, -0.05) is 69.6 Å². The van der Waals surface area contributed by atoms with Gasteiger partial charge in [-0.3, -0.25) is 0 Å². The molecule has 14 heteroatoms. The monoisotopic (exact) mass is 590 g/mol. The number of nitrogens with zero attached hydrogens (tertiary/aromatic N) is 2. The van der Waals surface area contributed by atoms with Gasteiger partial charge in [0, 0.05) is 0 Å². The van der Waals surface area contributed by atoms with E-state index in [1.54, 1.807) is 27.7 Å². The Bertz CT molecular complexity index is 1330. The van der Waals surface area contributed by atoms with Gasteiger partial charge >= 0.3 is 6.28 Å². The molecule has 1 aromatic heterocycles. The van der Waals surface area contributed by atoms with Crippen molar-refractivity contribution in [3.05, 3.63) is 88.8 Å². The third kappa shape index (κ3) is 4.62. The lowest BCUT2D eigenvalue weighted by molar-refractivity contribution is -0.543. The average molecular weight is 590 g/mol. The van der Waals surface area contributed by atoms with Crippen LogP contribution in [-0.2, 0) is 0 Å². The van der Waals surface area contributed by atoms with Crippen molar-refractivity contribution in [2.24, 2.45) is 0 Å². The van der Waals surface area contributed by atoms with E-state index in [1.807, 2.05) is 4.81 Å². The van der Waals surface area contributed by atoms with Crippen molar-refractivity contribution in [3.63, 3.8) is 0 Å². The third-order valence-electron chi connectivity index (χ3n) is 8.30. The summed E-state index contributed by atoms with van der Waals surface area (Å²) in [5.74, 6) is -24.4. The first-order chi connectivity index (χ1) is 19.2. The maximum Gasteiger partial charge on any atom is 0.341 e. The van der Waals surface area contributed by atoms with Crippen molar-refractivity contribution in [1.82, 2.24) is 4.81 Å². The highest BCUT2D eigenvalue weighted by Gasteiger charge is 2.60. The Morgan fingerprint density at radius 2 is 1.00 bits per heavy atom. The summed E-state index contributed by atoms with van der Waals surface area (Å²) in [5, 5.41) is 0. The molecular formula is C27H26B2F10N2. The fraction of sp³-hybridized carbons (Fsp3) is 0.370. The van der Waals surface area contributed by atoms with E-state index in [1.165, 1.54) is 18.2 Å². The second-order valence-electron chi connectivity index (χ2n) is 11.0. The average Bonchev–Trinajstić information content (AvgIpc) is 3.41. The van der Waals surface area contributed by atoms with Crippen LogP contribution in [0.25, 0.3) is 0 Å². The van der Waals surface area contributed by atoms with Gasteiger partial charge < -0.3 is 9.29 Å². The Morgan fingerprint density at radius 1 is 0.634 bits per heavy atom. The summed E-state index contributed by atoms with van der Waals surface area (Å²) in [6.07, 6.45) is -1.64. The zero-order valence-electron chi connectivity index (χ0n) is 22.6. The molecule has 0 bridgehead atoms. The number of halogens is 10. The van der Waals surface area contributed by atoms with Crippen LogP contribution in [0.1, 0.15) is 40.5 Å². The van der Waals surface area contributed by atoms with E-state index < -0.39 is 87.9 Å². The minimum absolute atomic E-state index is 0.0957. The standard InChI is InChI=1S/C27H26B2F10N2/c1-13(2)41(14(3)4)28-10-8-9-15(28)29(40-11-6-5-7-12-40,16-18(30)22(34)26(38)23(35)19(16)31)17-20(32)24(36)27(39)25(37)21(17)33/h5-7,11-15H,8-10H2,1-4H3/t15-/m1/s1. The molecule has 0 spiro atoms. The van der Waals surface area contributed by atoms with E-state index in [0.29, 0.717) is 0 Å². The Balaban J connectivity index is 2.34. The Hall–Kier alpha value is -3.02. The van der Waals surface area contributed by atoms with Crippen molar-refractivity contribution in [2.45, 2.75) is 64.7 Å². The van der Waals surface area contributed by atoms with E-state index in [4.69, 9.17) is 0 Å². The maximum absolute atomic E-state index is 15.9. The zero-order chi connectivity index (χ0) is 30.5. The second kappa shape index (κ2) is 11.3. The van der Waals surface area contributed by atoms with Gasteiger partial charge in [0.25, 0.3) is 0 Å². The van der Waals surface area contributed by atoms with Crippen LogP contribution in [0.15, 0.2) is 30.6 Å². The Labute approximate surface area is 231 Å². The highest BCUT2D eigenvalue weighted by molar-refractivity contribution is 7.03. The maximum atomic E-state index is 15.9. The number of benzene rings is 2. The second-order valence-corrected chi connectivity index (χ2v) is 11.0. The molecule has 0 unspecified atom stereocenters. The molecule has 2 nitrogen and oxygen atoms in total. The molecule has 0 aliphatic carbocycles. The molecule has 220 valence electrons. The van der Waals surface area contributed by atoms with E-state index >= 15 is 17.6 Å². The van der Waals surface area contributed by atoms with Gasteiger partial charge in [0.1, 0.15) is 35.7 Å². The van der Waals surface area contributed by atoms with E-state index in [0.717, 1.165) is 16.9 Å². The minimum Gasteiger partial charge on any atom is -0.419 e. The van der Waals surface area contributed by atoms with Gasteiger partial charge in [0.05, 0.1) is 0 Å². The molecule has 2 heterocycles. The van der Waals surface area contributed by atoms with Crippen molar-refractivity contribution in [3.8, 4) is 0 Å². The normalized spacial score (nSPS) is 16.1. The molecular weight excluding hydrogens is 564 g/mol. The number of aromatic nitrogens is 1. The zero-order valence-corrected chi connectivity index (χ0v) is 22.6. The number of hydrogen-bond acceptors (Lipinski definition) is 1. The summed E-state index contributed by atoms with van der Waals surface area (Å²) >= 11 is 0. The molecule has 1 saturated heterocycles. The van der Waals surface area contributed by atoms with Crippen LogP contribution in [0.3, 0.4) is 0 Å². The summed E-state index contributed by atoms with van der Waals surface area (Å²) in [6.45, 7) is 6.27. The van der Waals surface area contributed by atoms with Crippen molar-refractivity contribution in [1.29, 1.82) is 0 Å². The van der Waals surface area contributed by atoms with Gasteiger partial charge in [0.15, 0.2) is 41.8 Å². The number of pyridine rings is 1. The summed E-state index contributed by atoms with van der Waals surface area (Å²) in [4.78, 5) is 1.84. The number of hydrogen-bond donors (Lipinski definition) is 0. The van der Waals surface area contributed by atoms with E-state index in [-0.39, 0.29) is 31.2 Å². The van der Waals surface area contributed by atoms with Gasteiger partial charge in [-0.05, 0) is 24.2 Å². The molecule has 3 aromatic rings. The van der Waals surface area contributed by atoms with Crippen LogP contribution in [0.5, 0.6) is 0 Å². The topological polar surface area (TPSA) is 7.12 Å². The first-order valence-corrected chi connectivity index (χ1v) is 13.1. The summed E-state index contributed by atoms with van der Waals surface area (Å²) in [6, 6.07) is 3.32. The summed E-state index contributed by atoms with van der Waals surface area (Å²) in [7, 11) is 0. The highest BCUT2D eigenvalue weighted by atomic mass is 19.2. The largest absolute Gasteiger partial charge is 0.419 e. The first-order valence-electron chi connectivity index (χ1n) is 13.1. The van der Waals surface area contributed by atoms with Crippen molar-refractivity contribution < 1.29 is 48.4 Å².